The third kappa shape index (κ3) is 2.26. The largest absolute Gasteiger partial charge is 0.273 e. The predicted molar refractivity (Wildman–Crippen MR) is 60.8 cm³/mol. The zero-order valence-electron chi connectivity index (χ0n) is 7.75. The van der Waals surface area contributed by atoms with E-state index in [0.717, 1.165) is 0 Å². The third-order valence-electron chi connectivity index (χ3n) is 2.09. The summed E-state index contributed by atoms with van der Waals surface area (Å²) >= 11 is 17.5. The van der Waals surface area contributed by atoms with E-state index in [-0.39, 0.29) is 27.8 Å². The second-order valence-electron chi connectivity index (χ2n) is 3.14. The fourth-order valence-electron chi connectivity index (χ4n) is 1.36. The van der Waals surface area contributed by atoms with Crippen molar-refractivity contribution in [2.75, 3.05) is 0 Å². The van der Waals surface area contributed by atoms with E-state index >= 15 is 0 Å². The Balaban J connectivity index is 2.43. The lowest BCUT2D eigenvalue weighted by Gasteiger charge is -2.19. The van der Waals surface area contributed by atoms with Gasteiger partial charge in [-0.2, -0.15) is 5.10 Å². The predicted octanol–water partition coefficient (Wildman–Crippen LogP) is 1.94. The summed E-state index contributed by atoms with van der Waals surface area (Å²) in [6.45, 7) is 0. The van der Waals surface area contributed by atoms with Gasteiger partial charge in [0.05, 0.1) is 5.92 Å². The van der Waals surface area contributed by atoms with Gasteiger partial charge in [-0.15, -0.1) is 10.2 Å². The van der Waals surface area contributed by atoms with Crippen LogP contribution in [-0.2, 0) is 4.79 Å². The molecule has 1 unspecified atom stereocenters. The van der Waals surface area contributed by atoms with Crippen LogP contribution in [0, 0.1) is 0 Å². The first-order valence-corrected chi connectivity index (χ1v) is 5.42. The van der Waals surface area contributed by atoms with Gasteiger partial charge in [-0.05, 0) is 6.07 Å². The number of amides is 1. The quantitative estimate of drug-likeness (QED) is 0.854. The minimum Gasteiger partial charge on any atom is -0.273 e. The molecule has 1 aliphatic heterocycles. The van der Waals surface area contributed by atoms with E-state index in [1.165, 1.54) is 6.07 Å². The van der Waals surface area contributed by atoms with Gasteiger partial charge in [0.2, 0.25) is 5.91 Å². The van der Waals surface area contributed by atoms with Gasteiger partial charge in [-0.1, -0.05) is 34.8 Å². The minimum atomic E-state index is -0.420. The van der Waals surface area contributed by atoms with E-state index in [1.54, 1.807) is 0 Å². The molecule has 0 saturated heterocycles. The average molecular weight is 280 g/mol. The minimum absolute atomic E-state index is 0.157. The number of nitrogens with one attached hydrogen (secondary N) is 1. The Kier molecular flexibility index (Phi) is 3.28. The topological polar surface area (TPSA) is 67.2 Å². The molecule has 1 atom stereocenters. The van der Waals surface area contributed by atoms with E-state index < -0.39 is 5.92 Å². The lowest BCUT2D eigenvalue weighted by Crippen LogP contribution is -2.29. The molecule has 1 aromatic heterocycles. The molecule has 0 radical (unpaired) electrons. The first kappa shape index (κ1) is 11.6. The average Bonchev–Trinajstić information content (AvgIpc) is 2.25. The third-order valence-corrected chi connectivity index (χ3v) is 2.91. The summed E-state index contributed by atoms with van der Waals surface area (Å²) in [5, 5.41) is 11.5. The van der Waals surface area contributed by atoms with Crippen LogP contribution in [0.1, 0.15) is 17.9 Å². The number of hydrazone groups is 1. The van der Waals surface area contributed by atoms with Crippen molar-refractivity contribution < 1.29 is 4.79 Å². The molecule has 84 valence electrons. The molecule has 16 heavy (non-hydrogen) atoms. The van der Waals surface area contributed by atoms with Crippen molar-refractivity contribution in [1.29, 1.82) is 0 Å². The molecule has 1 aromatic rings. The number of carbonyl (C=O) groups is 1. The molecule has 0 spiro atoms. The van der Waals surface area contributed by atoms with Crippen LogP contribution >= 0.6 is 34.8 Å². The van der Waals surface area contributed by atoms with Crippen molar-refractivity contribution in [2.45, 2.75) is 12.3 Å². The Morgan fingerprint density at radius 1 is 1.31 bits per heavy atom. The molecular weight excluding hydrogens is 274 g/mol. The van der Waals surface area contributed by atoms with Crippen LogP contribution in [0.5, 0.6) is 0 Å². The highest BCUT2D eigenvalue weighted by molar-refractivity contribution is 6.67. The van der Waals surface area contributed by atoms with Gasteiger partial charge in [0.15, 0.2) is 10.3 Å². The molecule has 1 N–H and O–H groups in total. The van der Waals surface area contributed by atoms with E-state index in [0.29, 0.717) is 5.56 Å². The van der Waals surface area contributed by atoms with Gasteiger partial charge in [0, 0.05) is 12.0 Å². The molecule has 5 nitrogen and oxygen atoms in total. The van der Waals surface area contributed by atoms with Crippen LogP contribution in [-0.4, -0.2) is 21.3 Å². The van der Waals surface area contributed by atoms with E-state index in [2.05, 4.69) is 20.7 Å². The summed E-state index contributed by atoms with van der Waals surface area (Å²) in [7, 11) is 0. The lowest BCUT2D eigenvalue weighted by atomic mass is 9.97. The van der Waals surface area contributed by atoms with Crippen molar-refractivity contribution in [3.63, 3.8) is 0 Å². The van der Waals surface area contributed by atoms with E-state index in [9.17, 15) is 4.79 Å². The van der Waals surface area contributed by atoms with Crippen LogP contribution in [0.4, 0.5) is 0 Å². The van der Waals surface area contributed by atoms with Crippen molar-refractivity contribution in [2.24, 2.45) is 5.10 Å². The van der Waals surface area contributed by atoms with E-state index in [1.807, 2.05) is 0 Å². The van der Waals surface area contributed by atoms with Crippen LogP contribution in [0.3, 0.4) is 0 Å². The zero-order valence-corrected chi connectivity index (χ0v) is 10.0. The molecular formula is C8H5Cl3N4O. The van der Waals surface area contributed by atoms with Crippen molar-refractivity contribution in [1.82, 2.24) is 15.6 Å². The zero-order chi connectivity index (χ0) is 11.7. The summed E-state index contributed by atoms with van der Waals surface area (Å²) in [4.78, 5) is 11.2. The highest BCUT2D eigenvalue weighted by atomic mass is 35.5. The number of halogens is 3. The van der Waals surface area contributed by atoms with Crippen molar-refractivity contribution >= 4 is 45.9 Å². The number of aromatic nitrogens is 2. The van der Waals surface area contributed by atoms with Gasteiger partial charge in [0.1, 0.15) is 5.17 Å². The number of rotatable bonds is 1. The molecule has 8 heteroatoms. The summed E-state index contributed by atoms with van der Waals surface area (Å²) in [5.41, 5.74) is 2.82. The second-order valence-corrected chi connectivity index (χ2v) is 4.27. The second kappa shape index (κ2) is 4.53. The lowest BCUT2D eigenvalue weighted by molar-refractivity contribution is -0.121. The van der Waals surface area contributed by atoms with Crippen LogP contribution in [0.2, 0.25) is 10.3 Å². The first-order chi connectivity index (χ1) is 7.58. The SMILES string of the molecule is O=C1CC(c2cc(Cl)nnc2Cl)C(Cl)=NN1. The maximum Gasteiger partial charge on any atom is 0.241 e. The monoisotopic (exact) mass is 278 g/mol. The maximum absolute atomic E-state index is 11.2. The highest BCUT2D eigenvalue weighted by Crippen LogP contribution is 2.30. The molecule has 1 amide bonds. The normalized spacial score (nSPS) is 20.3. The number of hydrogen-bond acceptors (Lipinski definition) is 4. The Morgan fingerprint density at radius 2 is 2.06 bits per heavy atom. The molecule has 0 saturated carbocycles. The van der Waals surface area contributed by atoms with Crippen molar-refractivity contribution in [3.05, 3.63) is 21.9 Å². The van der Waals surface area contributed by atoms with Crippen LogP contribution in [0.25, 0.3) is 0 Å². The number of nitrogens with zero attached hydrogens (tertiary/aromatic N) is 3. The number of carbonyl (C=O) groups excluding carboxylic acids is 1. The van der Waals surface area contributed by atoms with Crippen LogP contribution in [0.15, 0.2) is 11.2 Å². The molecule has 0 aromatic carbocycles. The first-order valence-electron chi connectivity index (χ1n) is 4.28. The summed E-state index contributed by atoms with van der Waals surface area (Å²) < 4.78 is 0. The Labute approximate surface area is 106 Å². The van der Waals surface area contributed by atoms with Crippen LogP contribution < -0.4 is 5.43 Å². The molecule has 0 aliphatic carbocycles. The standard InChI is InChI=1S/C8H5Cl3N4O/c9-5-1-3(7(10)14-12-5)4-2-6(16)13-15-8(4)11/h1,4H,2H2,(H,13,16). The van der Waals surface area contributed by atoms with Crippen molar-refractivity contribution in [3.8, 4) is 0 Å². The molecule has 1 aliphatic rings. The Hall–Kier alpha value is -0.910. The molecule has 0 fully saturated rings. The smallest absolute Gasteiger partial charge is 0.241 e. The molecule has 0 bridgehead atoms. The van der Waals surface area contributed by atoms with Gasteiger partial charge in [0.25, 0.3) is 0 Å². The van der Waals surface area contributed by atoms with E-state index in [4.69, 9.17) is 34.8 Å². The van der Waals surface area contributed by atoms with Gasteiger partial charge >= 0.3 is 0 Å². The highest BCUT2D eigenvalue weighted by Gasteiger charge is 2.27. The van der Waals surface area contributed by atoms with Gasteiger partial charge in [-0.25, -0.2) is 5.43 Å². The summed E-state index contributed by atoms with van der Waals surface area (Å²) in [6.07, 6.45) is 0.157. The Bertz CT molecular complexity index is 476. The van der Waals surface area contributed by atoms with Gasteiger partial charge < -0.3 is 0 Å². The summed E-state index contributed by atoms with van der Waals surface area (Å²) in [6, 6.07) is 1.53. The Morgan fingerprint density at radius 3 is 2.81 bits per heavy atom. The fourth-order valence-corrected chi connectivity index (χ4v) is 1.97. The summed E-state index contributed by atoms with van der Waals surface area (Å²) in [5.74, 6) is -0.658. The van der Waals surface area contributed by atoms with Gasteiger partial charge in [-0.3, -0.25) is 4.79 Å². The fraction of sp³-hybridized carbons (Fsp3) is 0.250. The molecule has 2 heterocycles. The maximum atomic E-state index is 11.2. The molecule has 2 rings (SSSR count). The number of hydrogen-bond donors (Lipinski definition) is 1.